The molecule has 1 aliphatic carbocycles. The lowest BCUT2D eigenvalue weighted by molar-refractivity contribution is 0.0502. The Morgan fingerprint density at radius 2 is 1.93 bits per heavy atom. The first kappa shape index (κ1) is 32.2. The predicted molar refractivity (Wildman–Crippen MR) is 174 cm³/mol. The number of nitrogens with two attached hydrogens (primary N) is 1. The molecule has 2 heterocycles. The summed E-state index contributed by atoms with van der Waals surface area (Å²) in [4.78, 5) is 21.5. The van der Waals surface area contributed by atoms with Crippen LogP contribution in [0.15, 0.2) is 59.6 Å². The Bertz CT molecular complexity index is 1920. The zero-order chi connectivity index (χ0) is 32.7. The van der Waals surface area contributed by atoms with Crippen molar-refractivity contribution >= 4 is 50.3 Å². The fourth-order valence-corrected chi connectivity index (χ4v) is 6.85. The van der Waals surface area contributed by atoms with Gasteiger partial charge in [-0.05, 0) is 69.9 Å². The fraction of sp³-hybridized carbons (Fsp3) is 0.344. The maximum Gasteiger partial charge on any atom is 0.407 e. The average Bonchev–Trinajstić information content (AvgIpc) is 3.36. The zero-order valence-electron chi connectivity index (χ0n) is 25.7. The highest BCUT2D eigenvalue weighted by atomic mass is 35.5. The number of alkyl carbamates (subject to hydrolysis) is 1. The van der Waals surface area contributed by atoms with Gasteiger partial charge >= 0.3 is 6.09 Å². The lowest BCUT2D eigenvalue weighted by Crippen LogP contribution is -2.39. The summed E-state index contributed by atoms with van der Waals surface area (Å²) in [6.45, 7) is 9.47. The fourth-order valence-electron chi connectivity index (χ4n) is 5.26. The van der Waals surface area contributed by atoms with Gasteiger partial charge in [-0.25, -0.2) is 27.6 Å². The molecule has 4 N–H and O–H groups in total. The molecular formula is C32H36ClFN6O4S. The van der Waals surface area contributed by atoms with E-state index in [0.29, 0.717) is 41.9 Å². The van der Waals surface area contributed by atoms with Crippen LogP contribution in [0.25, 0.3) is 22.3 Å². The number of nitrogen functional groups attached to an aromatic ring is 1. The summed E-state index contributed by atoms with van der Waals surface area (Å²) < 4.78 is 50.9. The van der Waals surface area contributed by atoms with E-state index in [9.17, 15) is 13.2 Å². The Hall–Kier alpha value is -4.16. The largest absolute Gasteiger partial charge is 0.444 e. The summed E-state index contributed by atoms with van der Waals surface area (Å²) in [5.74, 6) is 0.113. The van der Waals surface area contributed by atoms with Crippen molar-refractivity contribution in [2.45, 2.75) is 76.3 Å². The van der Waals surface area contributed by atoms with Crippen molar-refractivity contribution in [3.05, 3.63) is 77.1 Å². The van der Waals surface area contributed by atoms with Crippen molar-refractivity contribution in [3.63, 3.8) is 0 Å². The zero-order valence-corrected chi connectivity index (χ0v) is 27.3. The number of carbonyl (C=O) groups excluding carboxylic acids is 1. The molecule has 2 aromatic carbocycles. The number of rotatable bonds is 7. The second-order valence-corrected chi connectivity index (χ2v) is 14.3. The summed E-state index contributed by atoms with van der Waals surface area (Å²) in [5.41, 5.74) is 8.78. The molecule has 238 valence electrons. The lowest BCUT2D eigenvalue weighted by atomic mass is 9.93. The number of aromatic nitrogens is 3. The molecule has 13 heteroatoms. The first-order chi connectivity index (χ1) is 21.1. The number of imidazole rings is 1. The van der Waals surface area contributed by atoms with Crippen molar-refractivity contribution < 1.29 is 22.3 Å². The van der Waals surface area contributed by atoms with Crippen LogP contribution in [0.5, 0.6) is 0 Å². The van der Waals surface area contributed by atoms with E-state index in [1.807, 2.05) is 39.0 Å². The Labute approximate surface area is 266 Å². The monoisotopic (exact) mass is 654 g/mol. The van der Waals surface area contributed by atoms with Crippen LogP contribution in [0.2, 0.25) is 5.02 Å². The number of fused-ring (bicyclic) bond motifs is 1. The highest BCUT2D eigenvalue weighted by molar-refractivity contribution is 7.92. The number of carbonyl (C=O) groups is 1. The number of nitrogens with one attached hydrogen (secondary N) is 2. The summed E-state index contributed by atoms with van der Waals surface area (Å²) in [6.07, 6.45) is 5.31. The second kappa shape index (κ2) is 12.3. The Kier molecular flexibility index (Phi) is 8.83. The molecule has 0 saturated carbocycles. The van der Waals surface area contributed by atoms with Crippen LogP contribution in [0.4, 0.5) is 20.7 Å². The van der Waals surface area contributed by atoms with E-state index in [1.165, 1.54) is 30.3 Å². The summed E-state index contributed by atoms with van der Waals surface area (Å²) in [7, 11) is -4.14. The van der Waals surface area contributed by atoms with Gasteiger partial charge in [-0.2, -0.15) is 0 Å². The smallest absolute Gasteiger partial charge is 0.407 e. The van der Waals surface area contributed by atoms with Gasteiger partial charge in [0.25, 0.3) is 10.0 Å². The maximum absolute atomic E-state index is 15.4. The number of anilines is 2. The molecule has 0 radical (unpaired) electrons. The van der Waals surface area contributed by atoms with Gasteiger partial charge in [-0.15, -0.1) is 0 Å². The molecule has 45 heavy (non-hydrogen) atoms. The molecule has 1 unspecified atom stereocenters. The SMILES string of the molecule is CC(C)c1nc(-c2ccc(NS(=O)(=O)c3ccccc3Cl)c(F)c2)c2c(N)ncc(C3=CCC(NC(=O)OC(C)(C)C)CC3)n12. The van der Waals surface area contributed by atoms with E-state index in [0.717, 1.165) is 11.3 Å². The minimum atomic E-state index is -4.14. The Morgan fingerprint density at radius 1 is 1.20 bits per heavy atom. The molecule has 1 amide bonds. The van der Waals surface area contributed by atoms with E-state index < -0.39 is 27.5 Å². The van der Waals surface area contributed by atoms with E-state index in [1.54, 1.807) is 18.3 Å². The number of amides is 1. The molecule has 1 aliphatic rings. The number of benzene rings is 2. The van der Waals surface area contributed by atoms with Crippen LogP contribution in [0.3, 0.4) is 0 Å². The highest BCUT2D eigenvalue weighted by Gasteiger charge is 2.26. The first-order valence-electron chi connectivity index (χ1n) is 14.6. The van der Waals surface area contributed by atoms with E-state index >= 15 is 4.39 Å². The van der Waals surface area contributed by atoms with Crippen molar-refractivity contribution in [2.75, 3.05) is 10.5 Å². The maximum atomic E-state index is 15.4. The lowest BCUT2D eigenvalue weighted by Gasteiger charge is -2.26. The Morgan fingerprint density at radius 3 is 2.56 bits per heavy atom. The van der Waals surface area contributed by atoms with Gasteiger partial charge in [0.2, 0.25) is 0 Å². The summed E-state index contributed by atoms with van der Waals surface area (Å²) >= 11 is 6.07. The van der Waals surface area contributed by atoms with Gasteiger partial charge in [0.15, 0.2) is 0 Å². The van der Waals surface area contributed by atoms with Gasteiger partial charge < -0.3 is 15.8 Å². The average molecular weight is 655 g/mol. The van der Waals surface area contributed by atoms with Crippen molar-refractivity contribution in [1.29, 1.82) is 0 Å². The minimum absolute atomic E-state index is 0.0226. The van der Waals surface area contributed by atoms with Crippen LogP contribution in [-0.2, 0) is 14.8 Å². The van der Waals surface area contributed by atoms with Crippen molar-refractivity contribution in [2.24, 2.45) is 0 Å². The number of allylic oxidation sites excluding steroid dienone is 1. The molecule has 10 nitrogen and oxygen atoms in total. The first-order valence-corrected chi connectivity index (χ1v) is 16.4. The number of hydrogen-bond acceptors (Lipinski definition) is 7. The molecule has 4 aromatic rings. The van der Waals surface area contributed by atoms with Crippen molar-refractivity contribution in [1.82, 2.24) is 19.7 Å². The van der Waals surface area contributed by atoms with E-state index in [-0.39, 0.29) is 33.4 Å². The van der Waals surface area contributed by atoms with E-state index in [4.69, 9.17) is 27.1 Å². The van der Waals surface area contributed by atoms with Crippen LogP contribution < -0.4 is 15.8 Å². The molecule has 0 bridgehead atoms. The van der Waals surface area contributed by atoms with Crippen LogP contribution in [-0.4, -0.2) is 40.5 Å². The molecule has 2 aromatic heterocycles. The third kappa shape index (κ3) is 6.91. The Balaban J connectivity index is 1.48. The minimum Gasteiger partial charge on any atom is -0.444 e. The van der Waals surface area contributed by atoms with Gasteiger partial charge in [-0.1, -0.05) is 49.7 Å². The van der Waals surface area contributed by atoms with Crippen molar-refractivity contribution in [3.8, 4) is 11.3 Å². The number of sulfonamides is 1. The number of hydrogen-bond donors (Lipinski definition) is 3. The molecular weight excluding hydrogens is 619 g/mol. The molecule has 1 atom stereocenters. The molecule has 0 fully saturated rings. The van der Waals surface area contributed by atoms with Crippen LogP contribution in [0.1, 0.15) is 71.3 Å². The third-order valence-electron chi connectivity index (χ3n) is 7.30. The molecule has 0 saturated heterocycles. The molecule has 0 aliphatic heterocycles. The standard InChI is InChI=1S/C32H36ClFN6O4S/c1-18(2)30-38-27(20-12-15-24(23(34)16-20)39-45(42,43)26-9-7-6-8-22(26)33)28-29(35)36-17-25(40(28)30)19-10-13-21(14-11-19)37-31(41)44-32(3,4)5/h6-10,12,15-18,21,39H,11,13-14H2,1-5H3,(H2,35,36)(H,37,41). The molecule has 5 rings (SSSR count). The third-order valence-corrected chi connectivity index (χ3v) is 9.17. The second-order valence-electron chi connectivity index (χ2n) is 12.3. The summed E-state index contributed by atoms with van der Waals surface area (Å²) in [5, 5.41) is 2.96. The van der Waals surface area contributed by atoms with E-state index in [2.05, 4.69) is 21.1 Å². The van der Waals surface area contributed by atoms with Crippen LogP contribution in [0, 0.1) is 5.82 Å². The van der Waals surface area contributed by atoms with Gasteiger partial charge in [-0.3, -0.25) is 9.12 Å². The van der Waals surface area contributed by atoms with Gasteiger partial charge in [0.05, 0.1) is 22.6 Å². The topological polar surface area (TPSA) is 141 Å². The summed E-state index contributed by atoms with van der Waals surface area (Å²) in [6, 6.07) is 10.00. The van der Waals surface area contributed by atoms with Gasteiger partial charge in [0.1, 0.15) is 39.2 Å². The number of nitrogens with zero attached hydrogens (tertiary/aromatic N) is 3. The highest BCUT2D eigenvalue weighted by Crippen LogP contribution is 2.37. The normalized spacial score (nSPS) is 15.6. The quantitative estimate of drug-likeness (QED) is 0.192. The number of halogens is 2. The number of ether oxygens (including phenoxy) is 1. The predicted octanol–water partition coefficient (Wildman–Crippen LogP) is 7.16. The van der Waals surface area contributed by atoms with Crippen LogP contribution >= 0.6 is 11.6 Å². The molecule has 0 spiro atoms. The van der Waals surface area contributed by atoms with Gasteiger partial charge in [0, 0.05) is 17.5 Å².